The first kappa shape index (κ1) is 23.4. The molecule has 4 rings (SSSR count). The number of carbonyl (C=O) groups excluding carboxylic acids is 2. The van der Waals surface area contributed by atoms with Crippen molar-refractivity contribution in [2.45, 2.75) is 51.6 Å². The molecule has 1 aliphatic heterocycles. The van der Waals surface area contributed by atoms with Gasteiger partial charge in [-0.1, -0.05) is 12.1 Å². The average Bonchev–Trinajstić information content (AvgIpc) is 3.51. The van der Waals surface area contributed by atoms with Gasteiger partial charge in [-0.25, -0.2) is 9.97 Å². The van der Waals surface area contributed by atoms with Crippen molar-refractivity contribution in [3.63, 3.8) is 0 Å². The SMILES string of the molecule is CC(C)(CCN1C(=O)c2ccccc2C1=O)n1ccnc1.CC(C)(CCO)n1ccnc1. The molecule has 0 atom stereocenters. The topological polar surface area (TPSA) is 93.3 Å². The van der Waals surface area contributed by atoms with Gasteiger partial charge in [-0.3, -0.25) is 14.5 Å². The Kier molecular flexibility index (Phi) is 6.93. The van der Waals surface area contributed by atoms with Crippen molar-refractivity contribution in [1.82, 2.24) is 24.0 Å². The normalized spacial score (nSPS) is 13.7. The van der Waals surface area contributed by atoms with Gasteiger partial charge in [0.15, 0.2) is 0 Å². The number of aliphatic hydroxyl groups is 1. The van der Waals surface area contributed by atoms with E-state index < -0.39 is 0 Å². The molecule has 0 saturated heterocycles. The van der Waals surface area contributed by atoms with Crippen molar-refractivity contribution in [2.24, 2.45) is 0 Å². The van der Waals surface area contributed by atoms with E-state index >= 15 is 0 Å². The lowest BCUT2D eigenvalue weighted by Crippen LogP contribution is -2.36. The number of hydrogen-bond donors (Lipinski definition) is 1. The molecule has 3 aromatic rings. The number of benzene rings is 1. The minimum atomic E-state index is -0.203. The predicted molar refractivity (Wildman–Crippen MR) is 121 cm³/mol. The summed E-state index contributed by atoms with van der Waals surface area (Å²) in [5, 5.41) is 8.77. The van der Waals surface area contributed by atoms with Crippen molar-refractivity contribution in [3.8, 4) is 0 Å². The van der Waals surface area contributed by atoms with Gasteiger partial charge in [-0.05, 0) is 52.7 Å². The Hall–Kier alpha value is -3.26. The molecule has 0 aliphatic carbocycles. The standard InChI is InChI=1S/C16H17N3O2.C8H14N2O/c1-16(2,18-10-8-17-11-18)7-9-19-14(20)12-5-3-4-6-13(12)15(19)21;1-8(2,3-6-11)10-5-4-9-7-10/h3-6,8,10-11H,7,9H2,1-2H3;4-5,7,11H,3,6H2,1-2H3. The first-order valence-corrected chi connectivity index (χ1v) is 10.7. The van der Waals surface area contributed by atoms with Gasteiger partial charge in [0, 0.05) is 49.0 Å². The van der Waals surface area contributed by atoms with Gasteiger partial charge < -0.3 is 14.2 Å². The van der Waals surface area contributed by atoms with Crippen LogP contribution < -0.4 is 0 Å². The zero-order valence-corrected chi connectivity index (χ0v) is 19.1. The Labute approximate surface area is 188 Å². The van der Waals surface area contributed by atoms with Crippen molar-refractivity contribution in [3.05, 3.63) is 72.8 Å². The summed E-state index contributed by atoms with van der Waals surface area (Å²) in [4.78, 5) is 33.9. The lowest BCUT2D eigenvalue weighted by molar-refractivity contribution is 0.0637. The van der Waals surface area contributed by atoms with Crippen LogP contribution >= 0.6 is 0 Å². The molecule has 8 heteroatoms. The quantitative estimate of drug-likeness (QED) is 0.573. The van der Waals surface area contributed by atoms with Gasteiger partial charge in [0.05, 0.1) is 23.8 Å². The molecular formula is C24H31N5O3. The van der Waals surface area contributed by atoms with E-state index in [-0.39, 0.29) is 29.5 Å². The number of carbonyl (C=O) groups is 2. The van der Waals surface area contributed by atoms with Crippen LogP contribution in [0, 0.1) is 0 Å². The minimum absolute atomic E-state index is 0.0226. The highest BCUT2D eigenvalue weighted by Crippen LogP contribution is 2.26. The smallest absolute Gasteiger partial charge is 0.261 e. The maximum Gasteiger partial charge on any atom is 0.261 e. The molecule has 2 aromatic heterocycles. The summed E-state index contributed by atoms with van der Waals surface area (Å²) < 4.78 is 3.99. The summed E-state index contributed by atoms with van der Waals surface area (Å²) in [6.07, 6.45) is 12.2. The van der Waals surface area contributed by atoms with Crippen LogP contribution in [0.3, 0.4) is 0 Å². The number of aliphatic hydroxyl groups excluding tert-OH is 1. The van der Waals surface area contributed by atoms with Crippen LogP contribution in [0.1, 0.15) is 61.3 Å². The van der Waals surface area contributed by atoms with E-state index in [0.717, 1.165) is 6.42 Å². The average molecular weight is 438 g/mol. The molecule has 0 bridgehead atoms. The molecule has 170 valence electrons. The fourth-order valence-electron chi connectivity index (χ4n) is 3.59. The van der Waals surface area contributed by atoms with Crippen molar-refractivity contribution in [2.75, 3.05) is 13.2 Å². The minimum Gasteiger partial charge on any atom is -0.396 e. The zero-order chi connectivity index (χ0) is 23.4. The fourth-order valence-corrected chi connectivity index (χ4v) is 3.59. The first-order valence-electron chi connectivity index (χ1n) is 10.7. The van der Waals surface area contributed by atoms with Crippen molar-refractivity contribution in [1.29, 1.82) is 0 Å². The van der Waals surface area contributed by atoms with Gasteiger partial charge in [0.1, 0.15) is 0 Å². The second kappa shape index (κ2) is 9.48. The van der Waals surface area contributed by atoms with E-state index in [2.05, 4.69) is 37.7 Å². The highest BCUT2D eigenvalue weighted by atomic mass is 16.3. The van der Waals surface area contributed by atoms with Crippen LogP contribution in [0.4, 0.5) is 0 Å². The Balaban J connectivity index is 0.000000222. The third kappa shape index (κ3) is 4.96. The molecule has 2 amide bonds. The lowest BCUT2D eigenvalue weighted by atomic mass is 10.00. The number of imide groups is 1. The molecule has 3 heterocycles. The van der Waals surface area contributed by atoms with Gasteiger partial charge in [-0.2, -0.15) is 0 Å². The number of aromatic nitrogens is 4. The Morgan fingerprint density at radius 2 is 1.28 bits per heavy atom. The maximum absolute atomic E-state index is 12.3. The summed E-state index contributed by atoms with van der Waals surface area (Å²) in [6, 6.07) is 6.97. The number of hydrogen-bond acceptors (Lipinski definition) is 5. The number of amides is 2. The van der Waals surface area contributed by atoms with Crippen LogP contribution in [0.5, 0.6) is 0 Å². The maximum atomic E-state index is 12.3. The Bertz CT molecular complexity index is 1000. The second-order valence-electron chi connectivity index (χ2n) is 9.10. The van der Waals surface area contributed by atoms with E-state index in [1.807, 2.05) is 21.5 Å². The zero-order valence-electron chi connectivity index (χ0n) is 19.1. The third-order valence-corrected chi connectivity index (χ3v) is 5.96. The number of nitrogens with zero attached hydrogens (tertiary/aromatic N) is 5. The second-order valence-corrected chi connectivity index (χ2v) is 9.10. The molecule has 0 radical (unpaired) electrons. The summed E-state index contributed by atoms with van der Waals surface area (Å²) >= 11 is 0. The first-order chi connectivity index (χ1) is 15.2. The summed E-state index contributed by atoms with van der Waals surface area (Å²) in [5.41, 5.74) is 0.780. The predicted octanol–water partition coefficient (Wildman–Crippen LogP) is 3.31. The van der Waals surface area contributed by atoms with E-state index in [9.17, 15) is 9.59 Å². The number of imidazole rings is 2. The number of fused-ring (bicyclic) bond motifs is 1. The van der Waals surface area contributed by atoms with E-state index in [0.29, 0.717) is 24.1 Å². The van der Waals surface area contributed by atoms with Gasteiger partial charge in [0.2, 0.25) is 0 Å². The molecule has 0 unspecified atom stereocenters. The largest absolute Gasteiger partial charge is 0.396 e. The summed E-state index contributed by atoms with van der Waals surface area (Å²) in [7, 11) is 0. The molecule has 0 fully saturated rings. The van der Waals surface area contributed by atoms with Gasteiger partial charge in [0.25, 0.3) is 11.8 Å². The van der Waals surface area contributed by atoms with Crippen molar-refractivity contribution < 1.29 is 14.7 Å². The third-order valence-electron chi connectivity index (χ3n) is 5.96. The van der Waals surface area contributed by atoms with Crippen LogP contribution in [0.15, 0.2) is 61.7 Å². The van der Waals surface area contributed by atoms with Crippen LogP contribution in [0.25, 0.3) is 0 Å². The summed E-state index contributed by atoms with van der Waals surface area (Å²) in [5.74, 6) is -0.394. The van der Waals surface area contributed by atoms with Crippen molar-refractivity contribution >= 4 is 11.8 Å². The molecule has 8 nitrogen and oxygen atoms in total. The monoisotopic (exact) mass is 437 g/mol. The van der Waals surface area contributed by atoms with Crippen LogP contribution in [-0.4, -0.2) is 54.1 Å². The van der Waals surface area contributed by atoms with Gasteiger partial charge in [-0.15, -0.1) is 0 Å². The molecule has 1 N–H and O–H groups in total. The molecule has 32 heavy (non-hydrogen) atoms. The fraction of sp³-hybridized carbons (Fsp3) is 0.417. The molecule has 0 saturated carbocycles. The van der Waals surface area contributed by atoms with Crippen LogP contribution in [0.2, 0.25) is 0 Å². The number of rotatable bonds is 7. The molecular weight excluding hydrogens is 406 g/mol. The Morgan fingerprint density at radius 1 is 0.812 bits per heavy atom. The van der Waals surface area contributed by atoms with E-state index in [4.69, 9.17) is 5.11 Å². The Morgan fingerprint density at radius 3 is 1.69 bits per heavy atom. The lowest BCUT2D eigenvalue weighted by Gasteiger charge is -2.28. The van der Waals surface area contributed by atoms with E-state index in [1.54, 1.807) is 49.3 Å². The van der Waals surface area contributed by atoms with E-state index in [1.165, 1.54) is 4.90 Å². The highest BCUT2D eigenvalue weighted by Gasteiger charge is 2.36. The highest BCUT2D eigenvalue weighted by molar-refractivity contribution is 6.21. The molecule has 1 aromatic carbocycles. The molecule has 1 aliphatic rings. The summed E-state index contributed by atoms with van der Waals surface area (Å²) in [6.45, 7) is 8.89. The molecule has 0 spiro atoms. The van der Waals surface area contributed by atoms with Gasteiger partial charge >= 0.3 is 0 Å². The van der Waals surface area contributed by atoms with Crippen LogP contribution in [-0.2, 0) is 11.1 Å².